The molecule has 2 rings (SSSR count). The van der Waals surface area contributed by atoms with Gasteiger partial charge in [0.2, 0.25) is 5.91 Å². The van der Waals surface area contributed by atoms with E-state index in [1.165, 1.54) is 0 Å². The largest absolute Gasteiger partial charge is 0.359 e. The number of amides is 2. The molecule has 7 nitrogen and oxygen atoms in total. The number of hydrogen-bond acceptors (Lipinski definition) is 3. The third kappa shape index (κ3) is 7.83. The molecule has 29 heavy (non-hydrogen) atoms. The molecule has 2 amide bonds. The van der Waals surface area contributed by atoms with Gasteiger partial charge in [-0.3, -0.25) is 9.59 Å². The van der Waals surface area contributed by atoms with E-state index in [1.807, 2.05) is 24.3 Å². The minimum Gasteiger partial charge on any atom is -0.359 e. The second-order valence-electron chi connectivity index (χ2n) is 7.37. The maximum Gasteiger partial charge on any atom is 0.253 e. The van der Waals surface area contributed by atoms with Crippen LogP contribution in [0, 0.1) is 5.92 Å². The Labute approximate surface area is 191 Å². The van der Waals surface area contributed by atoms with E-state index in [0.29, 0.717) is 24.4 Å². The maximum absolute atomic E-state index is 12.0. The lowest BCUT2D eigenvalue weighted by molar-refractivity contribution is -0.121. The number of hydrogen-bond donors (Lipinski definition) is 2. The van der Waals surface area contributed by atoms with Gasteiger partial charge in [-0.1, -0.05) is 12.1 Å². The number of nitrogens with one attached hydrogen (secondary N) is 2. The summed E-state index contributed by atoms with van der Waals surface area (Å²) in [5.41, 5.74) is 1.75. The quantitative estimate of drug-likeness (QED) is 0.347. The standard InChI is InChI=1S/C21H33N5O2.HI/c1-5-23-21(26-12-10-16(11-13-26)14-19(27)22-2)24-15-17-6-8-18(9-7-17)20(28)25(3)4;/h6-9,16H,5,10-15H2,1-4H3,(H,22,27)(H,23,24);1H. The normalized spacial score (nSPS) is 14.8. The summed E-state index contributed by atoms with van der Waals surface area (Å²) in [5, 5.41) is 6.08. The van der Waals surface area contributed by atoms with Gasteiger partial charge in [0, 0.05) is 52.8 Å². The molecule has 1 aliphatic heterocycles. The van der Waals surface area contributed by atoms with Crippen molar-refractivity contribution in [1.82, 2.24) is 20.4 Å². The lowest BCUT2D eigenvalue weighted by atomic mass is 9.93. The molecule has 0 unspecified atom stereocenters. The van der Waals surface area contributed by atoms with Crippen molar-refractivity contribution in [3.05, 3.63) is 35.4 Å². The van der Waals surface area contributed by atoms with Gasteiger partial charge in [0.25, 0.3) is 5.91 Å². The molecule has 0 saturated carbocycles. The fourth-order valence-electron chi connectivity index (χ4n) is 3.32. The average Bonchev–Trinajstić information content (AvgIpc) is 2.71. The van der Waals surface area contributed by atoms with E-state index in [4.69, 9.17) is 4.99 Å². The molecule has 0 aliphatic carbocycles. The summed E-state index contributed by atoms with van der Waals surface area (Å²) in [4.78, 5) is 32.2. The number of guanidine groups is 1. The first-order valence-corrected chi connectivity index (χ1v) is 9.99. The second kappa shape index (κ2) is 12.7. The predicted octanol–water partition coefficient (Wildman–Crippen LogP) is 2.32. The third-order valence-corrected chi connectivity index (χ3v) is 5.02. The number of benzene rings is 1. The van der Waals surface area contributed by atoms with Crippen molar-refractivity contribution >= 4 is 41.8 Å². The molecule has 1 aliphatic rings. The van der Waals surface area contributed by atoms with E-state index in [2.05, 4.69) is 22.5 Å². The van der Waals surface area contributed by atoms with Crippen LogP contribution >= 0.6 is 24.0 Å². The van der Waals surface area contributed by atoms with E-state index in [1.54, 1.807) is 26.0 Å². The molecule has 1 fully saturated rings. The van der Waals surface area contributed by atoms with Gasteiger partial charge in [0.15, 0.2) is 5.96 Å². The van der Waals surface area contributed by atoms with Crippen LogP contribution in [0.15, 0.2) is 29.3 Å². The molecule has 1 aromatic rings. The van der Waals surface area contributed by atoms with Crippen LogP contribution in [0.1, 0.15) is 42.1 Å². The SMILES string of the molecule is CCNC(=NCc1ccc(C(=O)N(C)C)cc1)N1CCC(CC(=O)NC)CC1.I. The van der Waals surface area contributed by atoms with Crippen molar-refractivity contribution in [3.8, 4) is 0 Å². The van der Waals surface area contributed by atoms with Gasteiger partial charge < -0.3 is 20.4 Å². The molecular formula is C21H34IN5O2. The van der Waals surface area contributed by atoms with Crippen molar-refractivity contribution in [3.63, 3.8) is 0 Å². The Morgan fingerprint density at radius 2 is 1.79 bits per heavy atom. The van der Waals surface area contributed by atoms with E-state index in [-0.39, 0.29) is 35.8 Å². The number of rotatable bonds is 6. The average molecular weight is 515 g/mol. The Morgan fingerprint density at radius 3 is 2.31 bits per heavy atom. The minimum atomic E-state index is 0. The van der Waals surface area contributed by atoms with Crippen LogP contribution in [0.4, 0.5) is 0 Å². The highest BCUT2D eigenvalue weighted by atomic mass is 127. The Bertz CT molecular complexity index is 683. The Hall–Kier alpha value is -1.84. The number of nitrogens with zero attached hydrogens (tertiary/aromatic N) is 3. The first-order chi connectivity index (χ1) is 13.4. The fourth-order valence-corrected chi connectivity index (χ4v) is 3.32. The number of halogens is 1. The van der Waals surface area contributed by atoms with Crippen molar-refractivity contribution < 1.29 is 9.59 Å². The van der Waals surface area contributed by atoms with Crippen LogP contribution in [-0.2, 0) is 11.3 Å². The highest BCUT2D eigenvalue weighted by Gasteiger charge is 2.23. The number of carbonyl (C=O) groups excluding carboxylic acids is 2. The summed E-state index contributed by atoms with van der Waals surface area (Å²) in [6.45, 7) is 5.26. The predicted molar refractivity (Wildman–Crippen MR) is 128 cm³/mol. The third-order valence-electron chi connectivity index (χ3n) is 5.02. The Kier molecular flexibility index (Phi) is 11.0. The van der Waals surface area contributed by atoms with Crippen LogP contribution in [-0.4, -0.2) is 68.4 Å². The molecule has 0 atom stereocenters. The van der Waals surface area contributed by atoms with E-state index in [9.17, 15) is 9.59 Å². The molecule has 0 spiro atoms. The smallest absolute Gasteiger partial charge is 0.253 e. The highest BCUT2D eigenvalue weighted by molar-refractivity contribution is 14.0. The lowest BCUT2D eigenvalue weighted by Gasteiger charge is -2.34. The lowest BCUT2D eigenvalue weighted by Crippen LogP contribution is -2.46. The second-order valence-corrected chi connectivity index (χ2v) is 7.37. The van der Waals surface area contributed by atoms with Crippen molar-refractivity contribution in [1.29, 1.82) is 0 Å². The van der Waals surface area contributed by atoms with Gasteiger partial charge in [-0.15, -0.1) is 24.0 Å². The summed E-state index contributed by atoms with van der Waals surface area (Å²) in [7, 11) is 5.19. The molecule has 0 aromatic heterocycles. The molecule has 2 N–H and O–H groups in total. The number of carbonyl (C=O) groups is 2. The number of likely N-dealkylation sites (tertiary alicyclic amines) is 1. The van der Waals surface area contributed by atoms with Crippen LogP contribution in [0.5, 0.6) is 0 Å². The minimum absolute atomic E-state index is 0. The molecule has 1 aromatic carbocycles. The van der Waals surface area contributed by atoms with Gasteiger partial charge in [0.1, 0.15) is 0 Å². The van der Waals surface area contributed by atoms with Crippen LogP contribution in [0.25, 0.3) is 0 Å². The summed E-state index contributed by atoms with van der Waals surface area (Å²) in [6, 6.07) is 7.62. The topological polar surface area (TPSA) is 77.0 Å². The van der Waals surface area contributed by atoms with Crippen molar-refractivity contribution in [2.24, 2.45) is 10.9 Å². The van der Waals surface area contributed by atoms with E-state index in [0.717, 1.165) is 44.0 Å². The van der Waals surface area contributed by atoms with Gasteiger partial charge in [-0.2, -0.15) is 0 Å². The van der Waals surface area contributed by atoms with Crippen molar-refractivity contribution in [2.75, 3.05) is 40.8 Å². The summed E-state index contributed by atoms with van der Waals surface area (Å²) >= 11 is 0. The molecule has 162 valence electrons. The summed E-state index contributed by atoms with van der Waals surface area (Å²) < 4.78 is 0. The summed E-state index contributed by atoms with van der Waals surface area (Å²) in [6.07, 6.45) is 2.61. The highest BCUT2D eigenvalue weighted by Crippen LogP contribution is 2.20. The van der Waals surface area contributed by atoms with Gasteiger partial charge in [-0.25, -0.2) is 4.99 Å². The van der Waals surface area contributed by atoms with Crippen LogP contribution < -0.4 is 10.6 Å². The maximum atomic E-state index is 12.0. The van der Waals surface area contributed by atoms with Crippen molar-refractivity contribution in [2.45, 2.75) is 32.7 Å². The first kappa shape index (κ1) is 25.2. The molecule has 1 heterocycles. The number of piperidine rings is 1. The molecule has 0 radical (unpaired) electrons. The molecule has 1 saturated heterocycles. The molecule has 8 heteroatoms. The zero-order valence-corrected chi connectivity index (χ0v) is 20.2. The van der Waals surface area contributed by atoms with E-state index >= 15 is 0 Å². The number of aliphatic imine (C=N–C) groups is 1. The Balaban J connectivity index is 0.00000420. The van der Waals surface area contributed by atoms with E-state index < -0.39 is 0 Å². The zero-order valence-electron chi connectivity index (χ0n) is 17.9. The molecular weight excluding hydrogens is 481 g/mol. The first-order valence-electron chi connectivity index (χ1n) is 9.99. The fraction of sp³-hybridized carbons (Fsp3) is 0.571. The van der Waals surface area contributed by atoms with Crippen LogP contribution in [0.3, 0.4) is 0 Å². The summed E-state index contributed by atoms with van der Waals surface area (Å²) in [5.74, 6) is 1.48. The Morgan fingerprint density at radius 1 is 1.17 bits per heavy atom. The van der Waals surface area contributed by atoms with Crippen LogP contribution in [0.2, 0.25) is 0 Å². The van der Waals surface area contributed by atoms with Gasteiger partial charge in [-0.05, 0) is 43.4 Å². The van der Waals surface area contributed by atoms with Gasteiger partial charge >= 0.3 is 0 Å². The zero-order chi connectivity index (χ0) is 20.5. The monoisotopic (exact) mass is 515 g/mol. The van der Waals surface area contributed by atoms with Gasteiger partial charge in [0.05, 0.1) is 6.54 Å². The molecule has 0 bridgehead atoms.